The molecular weight excluding hydrogens is 417 g/mol. The Hall–Kier alpha value is -2.94. The van der Waals surface area contributed by atoms with Crippen LogP contribution in [0.1, 0.15) is 17.8 Å². The van der Waals surface area contributed by atoms with Crippen LogP contribution in [0, 0.1) is 18.2 Å². The highest BCUT2D eigenvalue weighted by Gasteiger charge is 2.73. The molecule has 1 atom stereocenters. The minimum atomic E-state index is -2.70. The normalized spacial score (nSPS) is 21.5. The molecule has 1 aliphatic carbocycles. The van der Waals surface area contributed by atoms with Crippen molar-refractivity contribution in [1.29, 1.82) is 0 Å². The fraction of sp³-hybridized carbons (Fsp3) is 0.300. The summed E-state index contributed by atoms with van der Waals surface area (Å²) < 4.78 is 43.3. The average Bonchev–Trinajstić information content (AvgIpc) is 3.06. The molecule has 0 bridgehead atoms. The molecule has 0 radical (unpaired) electrons. The number of fused-ring (bicyclic) bond motifs is 2. The Morgan fingerprint density at radius 2 is 2.07 bits per heavy atom. The van der Waals surface area contributed by atoms with E-state index in [4.69, 9.17) is 11.6 Å². The van der Waals surface area contributed by atoms with Crippen molar-refractivity contribution >= 4 is 22.6 Å². The first-order chi connectivity index (χ1) is 14.3. The third-order valence-corrected chi connectivity index (χ3v) is 6.35. The summed E-state index contributed by atoms with van der Waals surface area (Å²) in [7, 11) is 0. The van der Waals surface area contributed by atoms with E-state index in [9.17, 15) is 13.2 Å². The summed E-state index contributed by atoms with van der Waals surface area (Å²) in [5.74, 6) is -3.17. The second-order valence-corrected chi connectivity index (χ2v) is 8.45. The molecule has 2 aliphatic rings. The summed E-state index contributed by atoms with van der Waals surface area (Å²) in [4.78, 5) is 8.57. The van der Waals surface area contributed by atoms with Crippen molar-refractivity contribution in [3.8, 4) is 22.5 Å². The van der Waals surface area contributed by atoms with Gasteiger partial charge < -0.3 is 0 Å². The van der Waals surface area contributed by atoms with Gasteiger partial charge in [-0.15, -0.1) is 0 Å². The van der Waals surface area contributed by atoms with Crippen LogP contribution in [0.5, 0.6) is 0 Å². The van der Waals surface area contributed by atoms with Crippen LogP contribution in [0.15, 0.2) is 24.4 Å². The standard InChI is InChI=1S/C20H14ClF3N6/c1-9-4-11(15-17(21)27-28-18(15)26-9)14-13-5-19(7-20(19,23)24)8-30(13)29-16(14)12-3-2-10(22)6-25-12/h2-4,6H,5,7-8H2,1H3,(H,26,27,28)/t19-/m0/s1. The number of halogens is 4. The van der Waals surface area contributed by atoms with Crippen LogP contribution in [0.25, 0.3) is 33.5 Å². The predicted octanol–water partition coefficient (Wildman–Crippen LogP) is 4.57. The van der Waals surface area contributed by atoms with Crippen LogP contribution in [-0.4, -0.2) is 35.9 Å². The predicted molar refractivity (Wildman–Crippen MR) is 104 cm³/mol. The molecule has 6 rings (SSSR count). The van der Waals surface area contributed by atoms with E-state index in [-0.39, 0.29) is 19.4 Å². The third-order valence-electron chi connectivity index (χ3n) is 6.07. The van der Waals surface area contributed by atoms with Gasteiger partial charge in [0.05, 0.1) is 29.2 Å². The smallest absolute Gasteiger partial charge is 0.256 e. The highest BCUT2D eigenvalue weighted by Crippen LogP contribution is 2.66. The van der Waals surface area contributed by atoms with E-state index in [0.29, 0.717) is 50.1 Å². The van der Waals surface area contributed by atoms with Crippen molar-refractivity contribution in [1.82, 2.24) is 29.9 Å². The minimum Gasteiger partial charge on any atom is -0.267 e. The molecule has 0 unspecified atom stereocenters. The molecule has 1 fully saturated rings. The van der Waals surface area contributed by atoms with E-state index in [0.717, 1.165) is 6.20 Å². The lowest BCUT2D eigenvalue weighted by Gasteiger charge is -2.10. The molecule has 4 aromatic rings. The summed E-state index contributed by atoms with van der Waals surface area (Å²) in [5, 5.41) is 12.4. The number of rotatable bonds is 2. The Balaban J connectivity index is 1.64. The number of hydrogen-bond acceptors (Lipinski definition) is 4. The monoisotopic (exact) mass is 430 g/mol. The molecule has 0 saturated heterocycles. The van der Waals surface area contributed by atoms with Gasteiger partial charge in [-0.3, -0.25) is 14.8 Å². The highest BCUT2D eigenvalue weighted by atomic mass is 35.5. The lowest BCUT2D eigenvalue weighted by Crippen LogP contribution is -2.13. The van der Waals surface area contributed by atoms with Crippen LogP contribution in [0.4, 0.5) is 13.2 Å². The summed E-state index contributed by atoms with van der Waals surface area (Å²) in [5.41, 5.74) is 3.03. The van der Waals surface area contributed by atoms with Gasteiger partial charge in [0.2, 0.25) is 0 Å². The van der Waals surface area contributed by atoms with Gasteiger partial charge in [-0.2, -0.15) is 10.2 Å². The van der Waals surface area contributed by atoms with Gasteiger partial charge in [0.1, 0.15) is 16.7 Å². The Kier molecular flexibility index (Phi) is 3.34. The van der Waals surface area contributed by atoms with Gasteiger partial charge >= 0.3 is 0 Å². The first-order valence-corrected chi connectivity index (χ1v) is 9.77. The number of aromatic amines is 1. The molecule has 5 heterocycles. The summed E-state index contributed by atoms with van der Waals surface area (Å²) in [6.07, 6.45) is 1.16. The molecule has 0 aromatic carbocycles. The third kappa shape index (κ3) is 2.32. The number of hydrogen-bond donors (Lipinski definition) is 1. The fourth-order valence-corrected chi connectivity index (χ4v) is 4.73. The highest BCUT2D eigenvalue weighted by molar-refractivity contribution is 6.35. The van der Waals surface area contributed by atoms with Gasteiger partial charge in [0.15, 0.2) is 5.65 Å². The lowest BCUT2D eigenvalue weighted by molar-refractivity contribution is 0.0630. The summed E-state index contributed by atoms with van der Waals surface area (Å²) >= 11 is 6.36. The minimum absolute atomic E-state index is 0.135. The molecule has 30 heavy (non-hydrogen) atoms. The number of nitrogens with zero attached hydrogens (tertiary/aromatic N) is 5. The Morgan fingerprint density at radius 1 is 1.27 bits per heavy atom. The fourth-order valence-electron chi connectivity index (χ4n) is 4.50. The molecule has 1 N–H and O–H groups in total. The maximum atomic E-state index is 14.1. The number of alkyl halides is 2. The second-order valence-electron chi connectivity index (χ2n) is 8.08. The van der Waals surface area contributed by atoms with Crippen molar-refractivity contribution in [3.63, 3.8) is 0 Å². The van der Waals surface area contributed by atoms with Crippen LogP contribution in [0.3, 0.4) is 0 Å². The van der Waals surface area contributed by atoms with Crippen LogP contribution in [-0.2, 0) is 13.0 Å². The molecule has 6 nitrogen and oxygen atoms in total. The van der Waals surface area contributed by atoms with Crippen LogP contribution >= 0.6 is 11.6 Å². The Morgan fingerprint density at radius 3 is 2.77 bits per heavy atom. The van der Waals surface area contributed by atoms with E-state index >= 15 is 0 Å². The Labute approximate surface area is 173 Å². The maximum Gasteiger partial charge on any atom is 0.256 e. The summed E-state index contributed by atoms with van der Waals surface area (Å²) in [6, 6.07) is 4.66. The zero-order valence-electron chi connectivity index (χ0n) is 15.7. The van der Waals surface area contributed by atoms with E-state index in [1.54, 1.807) is 4.68 Å². The molecule has 1 aliphatic heterocycles. The molecule has 1 spiro atoms. The molecule has 1 saturated carbocycles. The van der Waals surface area contributed by atoms with Gasteiger partial charge in [-0.25, -0.2) is 18.2 Å². The van der Waals surface area contributed by atoms with Crippen LogP contribution < -0.4 is 0 Å². The average molecular weight is 431 g/mol. The molecular formula is C20H14ClF3N6. The molecule has 0 amide bonds. The maximum absolute atomic E-state index is 14.1. The summed E-state index contributed by atoms with van der Waals surface area (Å²) in [6.45, 7) is 1.96. The lowest BCUT2D eigenvalue weighted by atomic mass is 9.94. The van der Waals surface area contributed by atoms with Crippen molar-refractivity contribution in [3.05, 3.63) is 46.8 Å². The van der Waals surface area contributed by atoms with E-state index in [2.05, 4.69) is 25.3 Å². The van der Waals surface area contributed by atoms with E-state index < -0.39 is 17.2 Å². The quantitative estimate of drug-likeness (QED) is 0.506. The van der Waals surface area contributed by atoms with Crippen molar-refractivity contribution in [2.75, 3.05) is 0 Å². The molecule has 152 valence electrons. The van der Waals surface area contributed by atoms with E-state index in [1.165, 1.54) is 12.1 Å². The first-order valence-electron chi connectivity index (χ1n) is 9.39. The van der Waals surface area contributed by atoms with Crippen LogP contribution in [0.2, 0.25) is 5.15 Å². The molecule has 4 aromatic heterocycles. The van der Waals surface area contributed by atoms with Gasteiger partial charge in [-0.1, -0.05) is 11.6 Å². The zero-order valence-corrected chi connectivity index (χ0v) is 16.4. The van der Waals surface area contributed by atoms with Crippen molar-refractivity contribution < 1.29 is 13.2 Å². The zero-order chi connectivity index (χ0) is 20.8. The number of pyridine rings is 2. The molecule has 10 heteroatoms. The number of aromatic nitrogens is 6. The van der Waals surface area contributed by atoms with Gasteiger partial charge in [0.25, 0.3) is 5.92 Å². The number of nitrogens with one attached hydrogen (secondary N) is 1. The van der Waals surface area contributed by atoms with Crippen molar-refractivity contribution in [2.45, 2.75) is 32.2 Å². The Bertz CT molecular complexity index is 1340. The SMILES string of the molecule is Cc1cc(-c2c(-c3ccc(F)cn3)nn3c2C[C@@]2(C3)CC2(F)F)c2c(Cl)[nH]nc2n1. The number of aryl methyl sites for hydroxylation is 1. The number of H-pyrrole nitrogens is 1. The van der Waals surface area contributed by atoms with Gasteiger partial charge in [-0.05, 0) is 25.1 Å². The van der Waals surface area contributed by atoms with E-state index in [1.807, 2.05) is 13.0 Å². The van der Waals surface area contributed by atoms with Crippen molar-refractivity contribution in [2.24, 2.45) is 5.41 Å². The topological polar surface area (TPSA) is 72.3 Å². The first kappa shape index (κ1) is 17.9. The van der Waals surface area contributed by atoms with Gasteiger partial charge in [0, 0.05) is 35.4 Å². The second kappa shape index (κ2) is 5.60. The largest absolute Gasteiger partial charge is 0.267 e.